The molecule has 0 radical (unpaired) electrons. The first kappa shape index (κ1) is 18.3. The highest BCUT2D eigenvalue weighted by Crippen LogP contribution is 2.40. The van der Waals surface area contributed by atoms with Gasteiger partial charge in [-0.15, -0.1) is 0 Å². The molecule has 8 heteroatoms. The minimum absolute atomic E-state index is 0.408. The Bertz CT molecular complexity index is 805. The summed E-state index contributed by atoms with van der Waals surface area (Å²) >= 11 is 0. The van der Waals surface area contributed by atoms with Gasteiger partial charge in [-0.2, -0.15) is 5.10 Å². The lowest BCUT2D eigenvalue weighted by Gasteiger charge is -2.15. The maximum Gasteiger partial charge on any atom is 0.330 e. The number of hydrogen-bond donors (Lipinski definition) is 0. The molecule has 1 aromatic heterocycles. The molecule has 25 heavy (non-hydrogen) atoms. The maximum absolute atomic E-state index is 12.0. The van der Waals surface area contributed by atoms with Crippen LogP contribution >= 0.6 is 0 Å². The van der Waals surface area contributed by atoms with Gasteiger partial charge in [0.15, 0.2) is 17.5 Å². The van der Waals surface area contributed by atoms with Gasteiger partial charge in [-0.05, 0) is 25.1 Å². The predicted octanol–water partition coefficient (Wildman–Crippen LogP) is 1.67. The van der Waals surface area contributed by atoms with E-state index in [1.165, 1.54) is 34.5 Å². The second-order valence-corrected chi connectivity index (χ2v) is 5.11. The van der Waals surface area contributed by atoms with Crippen LogP contribution in [0.1, 0.15) is 13.0 Å². The molecule has 1 atom stereocenters. The van der Waals surface area contributed by atoms with E-state index < -0.39 is 17.6 Å². The Morgan fingerprint density at radius 2 is 1.64 bits per heavy atom. The molecule has 134 valence electrons. The molecule has 2 rings (SSSR count). The Kier molecular flexibility index (Phi) is 5.63. The normalized spacial score (nSPS) is 11.6. The van der Waals surface area contributed by atoms with E-state index in [2.05, 4.69) is 9.84 Å². The molecule has 0 bridgehead atoms. The summed E-state index contributed by atoms with van der Waals surface area (Å²) < 4.78 is 21.7. The number of hydrogen-bond acceptors (Lipinski definition) is 7. The molecule has 0 aliphatic heterocycles. The molecule has 0 saturated heterocycles. The van der Waals surface area contributed by atoms with Crippen molar-refractivity contribution in [2.45, 2.75) is 13.0 Å². The number of carbonyl (C=O) groups excluding carboxylic acids is 1. The molecule has 0 saturated carbocycles. The van der Waals surface area contributed by atoms with Crippen molar-refractivity contribution in [3.63, 3.8) is 0 Å². The molecule has 2 aromatic rings. The van der Waals surface area contributed by atoms with Gasteiger partial charge in [-0.3, -0.25) is 4.79 Å². The number of nitrogens with zero attached hydrogens (tertiary/aromatic N) is 2. The molecule has 1 aromatic carbocycles. The van der Waals surface area contributed by atoms with Crippen LogP contribution in [0.4, 0.5) is 0 Å². The average molecular weight is 348 g/mol. The fraction of sp³-hybridized carbons (Fsp3) is 0.353. The highest BCUT2D eigenvalue weighted by Gasteiger charge is 2.20. The molecule has 0 fully saturated rings. The van der Waals surface area contributed by atoms with E-state index in [1.807, 2.05) is 0 Å². The third kappa shape index (κ3) is 3.57. The van der Waals surface area contributed by atoms with E-state index >= 15 is 0 Å². The van der Waals surface area contributed by atoms with Crippen LogP contribution in [0.25, 0.3) is 11.3 Å². The van der Waals surface area contributed by atoms with Crippen LogP contribution < -0.4 is 19.8 Å². The van der Waals surface area contributed by atoms with Gasteiger partial charge in [-0.1, -0.05) is 0 Å². The van der Waals surface area contributed by atoms with Crippen molar-refractivity contribution < 1.29 is 23.7 Å². The van der Waals surface area contributed by atoms with Gasteiger partial charge in [0.05, 0.1) is 34.1 Å². The zero-order valence-corrected chi connectivity index (χ0v) is 14.7. The van der Waals surface area contributed by atoms with Crippen molar-refractivity contribution in [2.75, 3.05) is 28.4 Å². The van der Waals surface area contributed by atoms with Crippen molar-refractivity contribution in [1.29, 1.82) is 0 Å². The number of ether oxygens (including phenoxy) is 4. The molecule has 8 nitrogen and oxygen atoms in total. The summed E-state index contributed by atoms with van der Waals surface area (Å²) in [4.78, 5) is 23.8. The lowest BCUT2D eigenvalue weighted by molar-refractivity contribution is -0.144. The Hall–Kier alpha value is -3.03. The SMILES string of the molecule is COC(=O)[C@H](C)n1nc(-c2cc(OC)c(OC)c(OC)c2)ccc1=O. The molecule has 0 aliphatic rings. The number of esters is 1. The molecule has 0 N–H and O–H groups in total. The Labute approximate surface area is 144 Å². The summed E-state index contributed by atoms with van der Waals surface area (Å²) in [6.07, 6.45) is 0. The van der Waals surface area contributed by atoms with Crippen molar-refractivity contribution in [1.82, 2.24) is 9.78 Å². The van der Waals surface area contributed by atoms with Crippen LogP contribution in [0.5, 0.6) is 17.2 Å². The van der Waals surface area contributed by atoms with Crippen molar-refractivity contribution in [3.8, 4) is 28.5 Å². The molecule has 1 heterocycles. The first-order valence-corrected chi connectivity index (χ1v) is 7.44. The lowest BCUT2D eigenvalue weighted by Crippen LogP contribution is -2.30. The zero-order valence-electron chi connectivity index (χ0n) is 14.7. The summed E-state index contributed by atoms with van der Waals surface area (Å²) in [6.45, 7) is 1.54. The summed E-state index contributed by atoms with van der Waals surface area (Å²) in [5.41, 5.74) is 0.698. The van der Waals surface area contributed by atoms with Crippen LogP contribution in [-0.2, 0) is 9.53 Å². The predicted molar refractivity (Wildman–Crippen MR) is 90.3 cm³/mol. The third-order valence-electron chi connectivity index (χ3n) is 3.69. The van der Waals surface area contributed by atoms with Gasteiger partial charge in [0.1, 0.15) is 0 Å². The number of benzene rings is 1. The molecular formula is C17H20N2O6. The number of rotatable bonds is 6. The summed E-state index contributed by atoms with van der Waals surface area (Å²) in [5, 5.41) is 4.27. The zero-order chi connectivity index (χ0) is 18.6. The van der Waals surface area contributed by atoms with Crippen LogP contribution in [0, 0.1) is 0 Å². The second-order valence-electron chi connectivity index (χ2n) is 5.11. The molecule has 0 spiro atoms. The standard InChI is InChI=1S/C17H20N2O6/c1-10(17(21)25-5)19-15(20)7-6-12(18-19)11-8-13(22-2)16(24-4)14(9-11)23-3/h6-10H,1-5H3/t10-/m0/s1. The summed E-state index contributed by atoms with van der Waals surface area (Å²) in [5.74, 6) is 0.802. The summed E-state index contributed by atoms with van der Waals surface area (Å²) in [6, 6.07) is 5.47. The lowest BCUT2D eigenvalue weighted by atomic mass is 10.1. The number of methoxy groups -OCH3 is 4. The van der Waals surface area contributed by atoms with Gasteiger partial charge >= 0.3 is 5.97 Å². The van der Waals surface area contributed by atoms with Crippen LogP contribution in [0.3, 0.4) is 0 Å². The molecule has 0 aliphatic carbocycles. The number of carbonyl (C=O) groups is 1. The topological polar surface area (TPSA) is 88.9 Å². The largest absolute Gasteiger partial charge is 0.493 e. The monoisotopic (exact) mass is 348 g/mol. The van der Waals surface area contributed by atoms with E-state index in [0.29, 0.717) is 28.5 Å². The van der Waals surface area contributed by atoms with Crippen LogP contribution in [0.2, 0.25) is 0 Å². The minimum atomic E-state index is -0.848. The maximum atomic E-state index is 12.0. The van der Waals surface area contributed by atoms with Crippen LogP contribution in [0.15, 0.2) is 29.1 Å². The highest BCUT2D eigenvalue weighted by atomic mass is 16.5. The van der Waals surface area contributed by atoms with E-state index in [4.69, 9.17) is 14.2 Å². The first-order valence-electron chi connectivity index (χ1n) is 7.44. The van der Waals surface area contributed by atoms with Crippen molar-refractivity contribution in [2.24, 2.45) is 0 Å². The highest BCUT2D eigenvalue weighted by molar-refractivity contribution is 5.73. The van der Waals surface area contributed by atoms with Gasteiger partial charge in [-0.25, -0.2) is 9.48 Å². The second kappa shape index (κ2) is 7.69. The van der Waals surface area contributed by atoms with Crippen molar-refractivity contribution in [3.05, 3.63) is 34.6 Å². The summed E-state index contributed by atoms with van der Waals surface area (Å²) in [7, 11) is 5.78. The van der Waals surface area contributed by atoms with Crippen molar-refractivity contribution >= 4 is 5.97 Å². The van der Waals surface area contributed by atoms with E-state index in [1.54, 1.807) is 25.1 Å². The van der Waals surface area contributed by atoms with E-state index in [-0.39, 0.29) is 0 Å². The molecule has 0 amide bonds. The Balaban J connectivity index is 2.59. The number of aromatic nitrogens is 2. The van der Waals surface area contributed by atoms with Gasteiger partial charge in [0.2, 0.25) is 5.75 Å². The quantitative estimate of drug-likeness (QED) is 0.734. The minimum Gasteiger partial charge on any atom is -0.493 e. The van der Waals surface area contributed by atoms with Gasteiger partial charge in [0.25, 0.3) is 5.56 Å². The fourth-order valence-electron chi connectivity index (χ4n) is 2.36. The van der Waals surface area contributed by atoms with E-state index in [9.17, 15) is 9.59 Å². The average Bonchev–Trinajstić information content (AvgIpc) is 2.65. The Morgan fingerprint density at radius 3 is 2.12 bits per heavy atom. The van der Waals surface area contributed by atoms with Crippen LogP contribution in [-0.4, -0.2) is 44.2 Å². The van der Waals surface area contributed by atoms with E-state index in [0.717, 1.165) is 4.68 Å². The first-order chi connectivity index (χ1) is 12.0. The van der Waals surface area contributed by atoms with Gasteiger partial charge in [0, 0.05) is 11.6 Å². The third-order valence-corrected chi connectivity index (χ3v) is 3.69. The molecule has 0 unspecified atom stereocenters. The van der Waals surface area contributed by atoms with Gasteiger partial charge < -0.3 is 18.9 Å². The Morgan fingerprint density at radius 1 is 1.04 bits per heavy atom. The molecular weight excluding hydrogens is 328 g/mol. The smallest absolute Gasteiger partial charge is 0.330 e. The fourth-order valence-corrected chi connectivity index (χ4v) is 2.36.